The quantitative estimate of drug-likeness (QED) is 0.814. The molecule has 17 heavy (non-hydrogen) atoms. The molecule has 1 saturated heterocycles. The molecule has 3 rings (SSSR count). The molecule has 2 aromatic rings. The zero-order valence-corrected chi connectivity index (χ0v) is 10.7. The molecule has 4 heteroatoms. The molecule has 0 saturated carbocycles. The molecule has 2 aromatic heterocycles. The number of pyridine rings is 1. The van der Waals surface area contributed by atoms with Gasteiger partial charge in [-0.25, -0.2) is 9.97 Å². The molecule has 0 spiro atoms. The number of anilines is 1. The van der Waals surface area contributed by atoms with E-state index in [2.05, 4.69) is 33.9 Å². The molecular weight excluding hydrogens is 230 g/mol. The van der Waals surface area contributed by atoms with Gasteiger partial charge >= 0.3 is 0 Å². The number of hydrogen-bond donors (Lipinski definition) is 0. The van der Waals surface area contributed by atoms with Crippen molar-refractivity contribution in [2.75, 3.05) is 18.0 Å². The first kappa shape index (κ1) is 10.7. The van der Waals surface area contributed by atoms with Crippen molar-refractivity contribution in [2.24, 2.45) is 0 Å². The Hall–Kier alpha value is -1.42. The van der Waals surface area contributed by atoms with Crippen molar-refractivity contribution in [3.05, 3.63) is 29.4 Å². The zero-order valence-electron chi connectivity index (χ0n) is 9.89. The van der Waals surface area contributed by atoms with Gasteiger partial charge in [0.1, 0.15) is 10.8 Å². The van der Waals surface area contributed by atoms with Crippen LogP contribution < -0.4 is 4.90 Å². The molecule has 0 atom stereocenters. The van der Waals surface area contributed by atoms with E-state index in [0.717, 1.165) is 29.5 Å². The van der Waals surface area contributed by atoms with E-state index in [4.69, 9.17) is 0 Å². The number of hydrogen-bond acceptors (Lipinski definition) is 4. The molecule has 1 aliphatic rings. The predicted octanol–water partition coefficient (Wildman–Crippen LogP) is 3.11. The summed E-state index contributed by atoms with van der Waals surface area (Å²) in [6.45, 7) is 4.36. The van der Waals surface area contributed by atoms with Gasteiger partial charge in [-0.1, -0.05) is 0 Å². The van der Waals surface area contributed by atoms with E-state index in [0.29, 0.717) is 0 Å². The van der Waals surface area contributed by atoms with Crippen molar-refractivity contribution in [3.63, 3.8) is 0 Å². The molecule has 0 bridgehead atoms. The zero-order chi connectivity index (χ0) is 11.7. The summed E-state index contributed by atoms with van der Waals surface area (Å²) < 4.78 is 0. The highest BCUT2D eigenvalue weighted by Crippen LogP contribution is 2.26. The second-order valence-corrected chi connectivity index (χ2v) is 5.61. The van der Waals surface area contributed by atoms with Crippen molar-refractivity contribution in [2.45, 2.75) is 19.8 Å². The van der Waals surface area contributed by atoms with Crippen LogP contribution >= 0.6 is 11.3 Å². The summed E-state index contributed by atoms with van der Waals surface area (Å²) in [5.74, 6) is 1.10. The number of aryl methyl sites for hydroxylation is 1. The lowest BCUT2D eigenvalue weighted by molar-refractivity contribution is 0.938. The Morgan fingerprint density at radius 1 is 1.12 bits per heavy atom. The highest BCUT2D eigenvalue weighted by Gasteiger charge is 2.13. The van der Waals surface area contributed by atoms with Crippen molar-refractivity contribution in [3.8, 4) is 10.6 Å². The van der Waals surface area contributed by atoms with Crippen LogP contribution in [-0.4, -0.2) is 23.1 Å². The molecule has 3 heterocycles. The minimum atomic E-state index is 1.06. The van der Waals surface area contributed by atoms with Gasteiger partial charge in [-0.2, -0.15) is 0 Å². The molecule has 0 amide bonds. The van der Waals surface area contributed by atoms with Crippen LogP contribution in [-0.2, 0) is 0 Å². The second kappa shape index (κ2) is 4.45. The van der Waals surface area contributed by atoms with E-state index < -0.39 is 0 Å². The minimum absolute atomic E-state index is 1.06. The van der Waals surface area contributed by atoms with Crippen LogP contribution in [0.4, 0.5) is 5.82 Å². The van der Waals surface area contributed by atoms with E-state index in [1.165, 1.54) is 17.7 Å². The normalized spacial score (nSPS) is 15.5. The maximum atomic E-state index is 4.54. The molecular formula is C13H15N3S. The third kappa shape index (κ3) is 2.17. The molecule has 0 N–H and O–H groups in total. The summed E-state index contributed by atoms with van der Waals surface area (Å²) in [5, 5.41) is 1.06. The van der Waals surface area contributed by atoms with Crippen molar-refractivity contribution < 1.29 is 0 Å². The molecule has 0 aliphatic carbocycles. The number of aromatic nitrogens is 2. The van der Waals surface area contributed by atoms with Crippen LogP contribution in [0.25, 0.3) is 10.6 Å². The standard InChI is InChI=1S/C13H15N3S/c1-10-8-15-13(17-10)11-4-5-12(14-9-11)16-6-2-3-7-16/h4-5,8-9H,2-3,6-7H2,1H3. The molecule has 0 radical (unpaired) electrons. The molecule has 1 fully saturated rings. The van der Waals surface area contributed by atoms with Gasteiger partial charge < -0.3 is 4.90 Å². The molecule has 1 aliphatic heterocycles. The topological polar surface area (TPSA) is 29.0 Å². The lowest BCUT2D eigenvalue weighted by Gasteiger charge is -2.15. The summed E-state index contributed by atoms with van der Waals surface area (Å²) in [6.07, 6.45) is 6.42. The van der Waals surface area contributed by atoms with Crippen molar-refractivity contribution in [1.82, 2.24) is 9.97 Å². The van der Waals surface area contributed by atoms with E-state index in [9.17, 15) is 0 Å². The lowest BCUT2D eigenvalue weighted by atomic mass is 10.3. The Bertz CT molecular complexity index is 498. The third-order valence-corrected chi connectivity index (χ3v) is 4.01. The summed E-state index contributed by atoms with van der Waals surface area (Å²) in [5.41, 5.74) is 1.12. The average molecular weight is 245 g/mol. The Morgan fingerprint density at radius 2 is 1.94 bits per heavy atom. The van der Waals surface area contributed by atoms with E-state index in [-0.39, 0.29) is 0 Å². The third-order valence-electron chi connectivity index (χ3n) is 3.05. The fraction of sp³-hybridized carbons (Fsp3) is 0.385. The summed E-state index contributed by atoms with van der Waals surface area (Å²) in [4.78, 5) is 12.5. The molecule has 0 unspecified atom stereocenters. The van der Waals surface area contributed by atoms with Gasteiger partial charge in [-0.05, 0) is 31.9 Å². The second-order valence-electron chi connectivity index (χ2n) is 4.38. The van der Waals surface area contributed by atoms with Crippen LogP contribution in [0.5, 0.6) is 0 Å². The Balaban J connectivity index is 1.84. The van der Waals surface area contributed by atoms with Gasteiger partial charge in [0.2, 0.25) is 0 Å². The number of thiazole rings is 1. The molecule has 88 valence electrons. The van der Waals surface area contributed by atoms with Gasteiger partial charge in [0.05, 0.1) is 0 Å². The summed E-state index contributed by atoms with van der Waals surface area (Å²) >= 11 is 1.71. The summed E-state index contributed by atoms with van der Waals surface area (Å²) in [7, 11) is 0. The van der Waals surface area contributed by atoms with Crippen LogP contribution in [0, 0.1) is 6.92 Å². The fourth-order valence-electron chi connectivity index (χ4n) is 2.13. The van der Waals surface area contributed by atoms with Gasteiger partial charge in [-0.15, -0.1) is 11.3 Å². The van der Waals surface area contributed by atoms with Crippen LogP contribution in [0.15, 0.2) is 24.5 Å². The van der Waals surface area contributed by atoms with Crippen molar-refractivity contribution >= 4 is 17.2 Å². The average Bonchev–Trinajstić information content (AvgIpc) is 3.00. The van der Waals surface area contributed by atoms with Crippen LogP contribution in [0.2, 0.25) is 0 Å². The fourth-order valence-corrected chi connectivity index (χ4v) is 2.89. The Kier molecular flexibility index (Phi) is 2.81. The van der Waals surface area contributed by atoms with E-state index >= 15 is 0 Å². The first-order chi connectivity index (χ1) is 8.33. The largest absolute Gasteiger partial charge is 0.357 e. The van der Waals surface area contributed by atoms with Gasteiger partial charge in [0, 0.05) is 35.9 Å². The van der Waals surface area contributed by atoms with E-state index in [1.807, 2.05) is 12.4 Å². The monoisotopic (exact) mass is 245 g/mol. The maximum Gasteiger partial charge on any atom is 0.128 e. The smallest absolute Gasteiger partial charge is 0.128 e. The van der Waals surface area contributed by atoms with Gasteiger partial charge in [-0.3, -0.25) is 0 Å². The Labute approximate surface area is 105 Å². The highest BCUT2D eigenvalue weighted by molar-refractivity contribution is 7.14. The van der Waals surface area contributed by atoms with E-state index in [1.54, 1.807) is 11.3 Å². The molecule has 3 nitrogen and oxygen atoms in total. The first-order valence-electron chi connectivity index (χ1n) is 5.97. The minimum Gasteiger partial charge on any atom is -0.357 e. The summed E-state index contributed by atoms with van der Waals surface area (Å²) in [6, 6.07) is 4.23. The lowest BCUT2D eigenvalue weighted by Crippen LogP contribution is -2.18. The van der Waals surface area contributed by atoms with Crippen LogP contribution in [0.1, 0.15) is 17.7 Å². The SMILES string of the molecule is Cc1cnc(-c2ccc(N3CCCC3)nc2)s1. The number of nitrogens with zero attached hydrogens (tertiary/aromatic N) is 3. The van der Waals surface area contributed by atoms with Crippen molar-refractivity contribution in [1.29, 1.82) is 0 Å². The van der Waals surface area contributed by atoms with Crippen LogP contribution in [0.3, 0.4) is 0 Å². The Morgan fingerprint density at radius 3 is 2.53 bits per heavy atom. The van der Waals surface area contributed by atoms with Gasteiger partial charge in [0.15, 0.2) is 0 Å². The number of rotatable bonds is 2. The predicted molar refractivity (Wildman–Crippen MR) is 71.5 cm³/mol. The molecule has 0 aromatic carbocycles. The highest BCUT2D eigenvalue weighted by atomic mass is 32.1. The first-order valence-corrected chi connectivity index (χ1v) is 6.78. The van der Waals surface area contributed by atoms with Gasteiger partial charge in [0.25, 0.3) is 0 Å². The maximum absolute atomic E-state index is 4.54.